The molecule has 0 bridgehead atoms. The molecule has 0 radical (unpaired) electrons. The number of carboxylic acids is 1. The molecule has 3 rings (SSSR count). The summed E-state index contributed by atoms with van der Waals surface area (Å²) >= 11 is 1.15. The van der Waals surface area contributed by atoms with Crippen LogP contribution < -0.4 is 4.74 Å². The van der Waals surface area contributed by atoms with E-state index < -0.39 is 5.97 Å². The molecule has 1 aliphatic heterocycles. The summed E-state index contributed by atoms with van der Waals surface area (Å²) in [4.78, 5) is 20.4. The van der Waals surface area contributed by atoms with Gasteiger partial charge in [-0.1, -0.05) is 0 Å². The van der Waals surface area contributed by atoms with E-state index in [2.05, 4.69) is 9.97 Å². The summed E-state index contributed by atoms with van der Waals surface area (Å²) in [6.45, 7) is 2.97. The average molecular weight is 308 g/mol. The van der Waals surface area contributed by atoms with Crippen molar-refractivity contribution in [2.45, 2.75) is 32.3 Å². The highest BCUT2D eigenvalue weighted by atomic mass is 32.1. The van der Waals surface area contributed by atoms with Gasteiger partial charge in [-0.3, -0.25) is 0 Å². The molecule has 3 heterocycles. The number of aryl methyl sites for hydroxylation is 1. The molecule has 1 fully saturated rings. The van der Waals surface area contributed by atoms with E-state index in [1.165, 1.54) is 6.33 Å². The Hall–Kier alpha value is -1.73. The van der Waals surface area contributed by atoms with Crippen molar-refractivity contribution in [3.63, 3.8) is 0 Å². The Morgan fingerprint density at radius 1 is 1.52 bits per heavy atom. The molecular weight excluding hydrogens is 292 g/mol. The predicted octanol–water partition coefficient (Wildman–Crippen LogP) is 2.65. The molecule has 2 aromatic heterocycles. The van der Waals surface area contributed by atoms with Gasteiger partial charge in [0.2, 0.25) is 5.88 Å². The largest absolute Gasteiger partial charge is 0.477 e. The summed E-state index contributed by atoms with van der Waals surface area (Å²) in [5.41, 5.74) is 0.655. The molecule has 0 aliphatic carbocycles. The van der Waals surface area contributed by atoms with E-state index in [1.807, 2.05) is 0 Å². The van der Waals surface area contributed by atoms with Gasteiger partial charge in [0.25, 0.3) is 0 Å². The summed E-state index contributed by atoms with van der Waals surface area (Å²) in [6, 6.07) is 0. The van der Waals surface area contributed by atoms with Gasteiger partial charge < -0.3 is 14.6 Å². The van der Waals surface area contributed by atoms with Crippen LogP contribution >= 0.6 is 11.3 Å². The first kappa shape index (κ1) is 14.2. The second kappa shape index (κ2) is 5.95. The van der Waals surface area contributed by atoms with E-state index >= 15 is 0 Å². The predicted molar refractivity (Wildman–Crippen MR) is 78.2 cm³/mol. The topological polar surface area (TPSA) is 81.5 Å². The van der Waals surface area contributed by atoms with Gasteiger partial charge in [0.05, 0.1) is 11.5 Å². The van der Waals surface area contributed by atoms with Crippen molar-refractivity contribution in [2.75, 3.05) is 13.2 Å². The summed E-state index contributed by atoms with van der Waals surface area (Å²) in [5.74, 6) is -0.507. The fourth-order valence-electron chi connectivity index (χ4n) is 2.46. The van der Waals surface area contributed by atoms with Gasteiger partial charge in [-0.2, -0.15) is 0 Å². The lowest BCUT2D eigenvalue weighted by molar-refractivity contribution is -0.0116. The number of hydrogen-bond donors (Lipinski definition) is 1. The van der Waals surface area contributed by atoms with Crippen LogP contribution in [-0.2, 0) is 4.74 Å². The zero-order chi connectivity index (χ0) is 14.8. The number of thiophene rings is 1. The second-order valence-electron chi connectivity index (χ2n) is 5.02. The van der Waals surface area contributed by atoms with Crippen molar-refractivity contribution in [1.29, 1.82) is 0 Å². The van der Waals surface area contributed by atoms with Crippen LogP contribution in [-0.4, -0.2) is 40.4 Å². The quantitative estimate of drug-likeness (QED) is 0.935. The summed E-state index contributed by atoms with van der Waals surface area (Å²) in [6.07, 6.45) is 4.72. The standard InChI is InChI=1S/C14H16N2O4S/c1-8-10-12(20-6-9-4-2-3-5-19-9)15-7-16-13(10)21-11(8)14(17)18/h7,9H,2-6H2,1H3,(H,17,18). The van der Waals surface area contributed by atoms with Gasteiger partial charge in [0, 0.05) is 6.61 Å². The van der Waals surface area contributed by atoms with Crippen molar-refractivity contribution >= 4 is 27.5 Å². The van der Waals surface area contributed by atoms with Crippen LogP contribution in [0.3, 0.4) is 0 Å². The highest BCUT2D eigenvalue weighted by Crippen LogP contribution is 2.34. The molecule has 0 amide bonds. The smallest absolute Gasteiger partial charge is 0.346 e. The highest BCUT2D eigenvalue weighted by molar-refractivity contribution is 7.20. The van der Waals surface area contributed by atoms with Crippen LogP contribution in [0.15, 0.2) is 6.33 Å². The van der Waals surface area contributed by atoms with E-state index in [0.29, 0.717) is 28.3 Å². The number of aromatic carboxylic acids is 1. The van der Waals surface area contributed by atoms with Gasteiger partial charge >= 0.3 is 5.97 Å². The number of rotatable bonds is 4. The lowest BCUT2D eigenvalue weighted by Gasteiger charge is -2.22. The van der Waals surface area contributed by atoms with Crippen LogP contribution in [0.2, 0.25) is 0 Å². The second-order valence-corrected chi connectivity index (χ2v) is 6.02. The Morgan fingerprint density at radius 3 is 3.10 bits per heavy atom. The maximum Gasteiger partial charge on any atom is 0.346 e. The molecule has 7 heteroatoms. The lowest BCUT2D eigenvalue weighted by atomic mass is 10.1. The van der Waals surface area contributed by atoms with Crippen molar-refractivity contribution in [3.8, 4) is 5.88 Å². The number of nitrogens with zero attached hydrogens (tertiary/aromatic N) is 2. The summed E-state index contributed by atoms with van der Waals surface area (Å²) in [5, 5.41) is 9.88. The molecule has 112 valence electrons. The van der Waals surface area contributed by atoms with E-state index in [4.69, 9.17) is 9.47 Å². The molecule has 1 N–H and O–H groups in total. The third-order valence-electron chi connectivity index (χ3n) is 3.57. The van der Waals surface area contributed by atoms with E-state index in [-0.39, 0.29) is 11.0 Å². The zero-order valence-electron chi connectivity index (χ0n) is 11.7. The minimum atomic E-state index is -0.947. The number of fused-ring (bicyclic) bond motifs is 1. The van der Waals surface area contributed by atoms with Crippen molar-refractivity contribution in [3.05, 3.63) is 16.8 Å². The monoisotopic (exact) mass is 308 g/mol. The van der Waals surface area contributed by atoms with Crippen LogP contribution in [0.25, 0.3) is 10.2 Å². The first-order valence-corrected chi connectivity index (χ1v) is 7.70. The highest BCUT2D eigenvalue weighted by Gasteiger charge is 2.21. The molecule has 1 saturated heterocycles. The molecule has 6 nitrogen and oxygen atoms in total. The molecule has 1 unspecified atom stereocenters. The van der Waals surface area contributed by atoms with E-state index in [0.717, 1.165) is 37.2 Å². The van der Waals surface area contributed by atoms with Crippen LogP contribution in [0.4, 0.5) is 0 Å². The number of hydrogen-bond acceptors (Lipinski definition) is 6. The van der Waals surface area contributed by atoms with E-state index in [9.17, 15) is 9.90 Å². The number of carbonyl (C=O) groups is 1. The Morgan fingerprint density at radius 2 is 2.38 bits per heavy atom. The molecule has 21 heavy (non-hydrogen) atoms. The molecular formula is C14H16N2O4S. The van der Waals surface area contributed by atoms with Gasteiger partial charge in [-0.25, -0.2) is 14.8 Å². The Bertz CT molecular complexity index is 664. The third kappa shape index (κ3) is 2.84. The number of carboxylic acid groups (broad SMARTS) is 1. The molecule has 0 saturated carbocycles. The third-order valence-corrected chi connectivity index (χ3v) is 4.75. The average Bonchev–Trinajstić information content (AvgIpc) is 2.84. The van der Waals surface area contributed by atoms with Crippen LogP contribution in [0.1, 0.15) is 34.5 Å². The minimum absolute atomic E-state index is 0.0849. The SMILES string of the molecule is Cc1c(C(=O)O)sc2ncnc(OCC3CCCCO3)c12. The fourth-order valence-corrected chi connectivity index (χ4v) is 3.44. The van der Waals surface area contributed by atoms with Crippen LogP contribution in [0.5, 0.6) is 5.88 Å². The Labute approximate surface area is 125 Å². The lowest BCUT2D eigenvalue weighted by Crippen LogP contribution is -2.26. The van der Waals surface area contributed by atoms with Crippen molar-refractivity contribution in [2.24, 2.45) is 0 Å². The van der Waals surface area contributed by atoms with Gasteiger partial charge in [-0.15, -0.1) is 11.3 Å². The molecule has 2 aromatic rings. The minimum Gasteiger partial charge on any atom is -0.477 e. The molecule has 1 atom stereocenters. The van der Waals surface area contributed by atoms with Crippen molar-refractivity contribution in [1.82, 2.24) is 9.97 Å². The van der Waals surface area contributed by atoms with E-state index in [1.54, 1.807) is 6.92 Å². The maximum atomic E-state index is 11.2. The first-order chi connectivity index (χ1) is 10.2. The van der Waals surface area contributed by atoms with Crippen LogP contribution in [0, 0.1) is 6.92 Å². The summed E-state index contributed by atoms with van der Waals surface area (Å²) in [7, 11) is 0. The van der Waals surface area contributed by atoms with Gasteiger partial charge in [0.1, 0.15) is 22.6 Å². The summed E-state index contributed by atoms with van der Waals surface area (Å²) < 4.78 is 11.4. The molecule has 0 spiro atoms. The molecule has 0 aromatic carbocycles. The zero-order valence-corrected chi connectivity index (χ0v) is 12.5. The maximum absolute atomic E-state index is 11.2. The van der Waals surface area contributed by atoms with Crippen molar-refractivity contribution < 1.29 is 19.4 Å². The number of ether oxygens (including phenoxy) is 2. The number of aromatic nitrogens is 2. The Kier molecular flexibility index (Phi) is 4.03. The Balaban J connectivity index is 1.86. The van der Waals surface area contributed by atoms with Gasteiger partial charge in [-0.05, 0) is 31.7 Å². The molecule has 1 aliphatic rings. The first-order valence-electron chi connectivity index (χ1n) is 6.88. The normalized spacial score (nSPS) is 18.8. The fraction of sp³-hybridized carbons (Fsp3) is 0.500. The van der Waals surface area contributed by atoms with Gasteiger partial charge in [0.15, 0.2) is 0 Å².